The number of nitrogens with one attached hydrogen (secondary N) is 4. The average Bonchev–Trinajstić information content (AvgIpc) is 3.73. The molecule has 0 spiro atoms. The lowest BCUT2D eigenvalue weighted by Gasteiger charge is -2.33. The number of rotatable bonds is 9. The summed E-state index contributed by atoms with van der Waals surface area (Å²) in [7, 11) is -5.26. The van der Waals surface area contributed by atoms with Gasteiger partial charge in [-0.05, 0) is 37.5 Å². The predicted octanol–water partition coefficient (Wildman–Crippen LogP) is -7.55. The third-order valence-corrected chi connectivity index (χ3v) is 11.0. The normalized spacial score (nSPS) is 31.3. The van der Waals surface area contributed by atoms with Gasteiger partial charge in [0.2, 0.25) is 41.4 Å². The lowest BCUT2D eigenvalue weighted by atomic mass is 9.96. The molecule has 1 aromatic rings. The van der Waals surface area contributed by atoms with Crippen molar-refractivity contribution >= 4 is 51.7 Å². The Morgan fingerprint density at radius 3 is 2.15 bits per heavy atom. The quantitative estimate of drug-likeness (QED) is 0.102. The summed E-state index contributed by atoms with van der Waals surface area (Å²) in [6.07, 6.45) is -13.2. The van der Waals surface area contributed by atoms with Crippen LogP contribution in [0.2, 0.25) is 0 Å². The number of aromatic hydroxyl groups is 1. The van der Waals surface area contributed by atoms with Crippen molar-refractivity contribution in [1.29, 1.82) is 0 Å². The van der Waals surface area contributed by atoms with E-state index >= 15 is 0 Å². The molecule has 3 aliphatic rings. The van der Waals surface area contributed by atoms with Crippen molar-refractivity contribution < 1.29 is 86.5 Å². The van der Waals surface area contributed by atoms with Crippen LogP contribution >= 0.6 is 0 Å². The smallest absolute Gasteiger partial charge is 0.446 e. The van der Waals surface area contributed by atoms with Crippen LogP contribution in [0.15, 0.2) is 18.2 Å². The van der Waals surface area contributed by atoms with Crippen LogP contribution in [0.25, 0.3) is 0 Å². The molecule has 1 aromatic carbocycles. The zero-order valence-corrected chi connectivity index (χ0v) is 34.1. The maximum atomic E-state index is 14.3. The van der Waals surface area contributed by atoms with Crippen LogP contribution in [0.4, 0.5) is 0 Å². The molecule has 346 valence electrons. The summed E-state index contributed by atoms with van der Waals surface area (Å²) in [4.78, 5) is 96.6. The number of hydrogen-bond donors (Lipinski definition) is 14. The average molecular weight is 905 g/mol. The molecule has 0 aromatic heterocycles. The molecule has 3 saturated heterocycles. The van der Waals surface area contributed by atoms with Gasteiger partial charge in [0.15, 0.2) is 11.5 Å². The van der Waals surface area contributed by atoms with Gasteiger partial charge in [-0.3, -0.25) is 38.1 Å². The molecule has 0 saturated carbocycles. The molecule has 0 aliphatic carbocycles. The summed E-state index contributed by atoms with van der Waals surface area (Å²) < 4.78 is 36.2. The number of phenolic OH excluding ortho intramolecular Hbond substituents is 1. The molecule has 0 unspecified atom stereocenters. The van der Waals surface area contributed by atoms with Gasteiger partial charge in [0.05, 0.1) is 30.5 Å². The topological polar surface area (TPSA) is 431 Å². The first-order valence-electron chi connectivity index (χ1n) is 19.2. The van der Waals surface area contributed by atoms with E-state index in [0.29, 0.717) is 6.07 Å². The van der Waals surface area contributed by atoms with Gasteiger partial charge in [-0.15, -0.1) is 0 Å². The van der Waals surface area contributed by atoms with Crippen LogP contribution in [0.1, 0.15) is 51.2 Å². The number of primary amides is 1. The number of nitrogens with zero attached hydrogens (tertiary/aromatic N) is 2. The first-order valence-corrected chi connectivity index (χ1v) is 20.6. The Hall–Kier alpha value is -5.26. The molecule has 0 radical (unpaired) electrons. The highest BCUT2D eigenvalue weighted by Gasteiger charge is 2.49. The van der Waals surface area contributed by atoms with Crippen molar-refractivity contribution in [3.05, 3.63) is 23.8 Å². The van der Waals surface area contributed by atoms with E-state index < -0.39 is 186 Å². The first-order chi connectivity index (χ1) is 28.8. The van der Waals surface area contributed by atoms with E-state index in [1.54, 1.807) is 0 Å². The molecule has 16 N–H and O–H groups in total. The highest BCUT2D eigenvalue weighted by atomic mass is 32.3. The molecule has 7 amide bonds. The zero-order valence-electron chi connectivity index (χ0n) is 33.3. The Morgan fingerprint density at radius 1 is 0.887 bits per heavy atom. The molecular formula is C35H52N8O18S. The van der Waals surface area contributed by atoms with Gasteiger partial charge in [-0.25, -0.2) is 0 Å². The van der Waals surface area contributed by atoms with E-state index in [1.165, 1.54) is 6.92 Å². The van der Waals surface area contributed by atoms with Crippen LogP contribution in [0, 0.1) is 5.92 Å². The number of hydrogen-bond acceptors (Lipinski definition) is 18. The molecule has 0 bridgehead atoms. The molecule has 3 aliphatic heterocycles. The summed E-state index contributed by atoms with van der Waals surface area (Å²) in [6, 6.07) is -8.65. The lowest BCUT2D eigenvalue weighted by Crippen LogP contribution is -2.63. The highest BCUT2D eigenvalue weighted by Crippen LogP contribution is 2.32. The van der Waals surface area contributed by atoms with Gasteiger partial charge in [0.1, 0.15) is 42.4 Å². The molecule has 3 heterocycles. The Kier molecular flexibility index (Phi) is 16.2. The Balaban J connectivity index is 1.83. The summed E-state index contributed by atoms with van der Waals surface area (Å²) in [5.41, 5.74) is 10.8. The Bertz CT molecular complexity index is 1990. The number of β-amino-alcohol motifs (C(OH)–C–C–N with tert-alkyl or cyclic N) is 1. The molecule has 27 heteroatoms. The molecule has 3 fully saturated rings. The third-order valence-electron chi connectivity index (χ3n) is 10.6. The standard InChI is InChI=1S/C35H52N8O18S/c1-13-11-43-26(27(13)49)33(55)38-10-16(45)8-18(36)30(52)40-24(14(2)44)35(57)42-12-17(46)9-20(42)31(53)41-25(32(54)39-19(34(43)56)4-6-23(37)48)29(51)28(50)15-3-5-21(47)22(7-15)61-62(58,59)60/h3,5,7,13-14,16-20,24-29,44-47,49-51H,4,6,8-12,36H2,1-2H3,(H2,37,48)(H,38,55)(H,39,54)(H,40,52)(H,41,53)(H,58,59,60)/t13-,14+,16+,17+,18+,19-,20-,24-,25-,26-,27-,28-,29-/m0/s1. The number of nitrogens with two attached hydrogens (primary N) is 2. The fourth-order valence-corrected chi connectivity index (χ4v) is 7.69. The number of carbonyl (C=O) groups is 7. The maximum Gasteiger partial charge on any atom is 0.446 e. The van der Waals surface area contributed by atoms with Gasteiger partial charge in [-0.2, -0.15) is 8.42 Å². The number of phenols is 1. The molecule has 4 rings (SSSR count). The number of amides is 7. The SMILES string of the molecule is C[C@@H](O)[C@@H]1NC(=O)[C@H](N)C[C@@H](O)CNC(=O)[C@@H]2[C@@H](O)[C@@H](C)CN2C(=O)[C@H](CCC(N)=O)NC(=O)[C@H]([C@H](O)[C@@H](O)c2ccc(O)c(OS(=O)(=O)O)c2)NC(=O)[C@@H]2C[C@@H](O)CN2C1=O. The second-order valence-corrected chi connectivity index (χ2v) is 16.5. The minimum atomic E-state index is -5.26. The van der Waals surface area contributed by atoms with E-state index in [2.05, 4.69) is 25.5 Å². The van der Waals surface area contributed by atoms with Crippen molar-refractivity contribution in [2.75, 3.05) is 19.6 Å². The Morgan fingerprint density at radius 2 is 1.53 bits per heavy atom. The number of carbonyl (C=O) groups excluding carboxylic acids is 7. The van der Waals surface area contributed by atoms with Gasteiger partial charge in [0, 0.05) is 38.4 Å². The number of aliphatic hydroxyl groups excluding tert-OH is 6. The van der Waals surface area contributed by atoms with Crippen molar-refractivity contribution in [3.8, 4) is 11.5 Å². The predicted molar refractivity (Wildman–Crippen MR) is 206 cm³/mol. The van der Waals surface area contributed by atoms with Crippen LogP contribution in [0.3, 0.4) is 0 Å². The molecular weight excluding hydrogens is 852 g/mol. The second-order valence-electron chi connectivity index (χ2n) is 15.5. The van der Waals surface area contributed by atoms with Crippen molar-refractivity contribution in [2.45, 2.75) is 112 Å². The monoisotopic (exact) mass is 904 g/mol. The van der Waals surface area contributed by atoms with E-state index in [9.17, 15) is 77.7 Å². The lowest BCUT2D eigenvalue weighted by molar-refractivity contribution is -0.146. The maximum absolute atomic E-state index is 14.3. The summed E-state index contributed by atoms with van der Waals surface area (Å²) >= 11 is 0. The summed E-state index contributed by atoms with van der Waals surface area (Å²) in [6.45, 7) is 1.14. The number of fused-ring (bicyclic) bond motifs is 2. The zero-order chi connectivity index (χ0) is 46.5. The Labute approximate surface area is 353 Å². The number of aliphatic hydroxyl groups is 6. The van der Waals surface area contributed by atoms with Crippen LogP contribution < -0.4 is 36.9 Å². The molecule has 26 nitrogen and oxygen atoms in total. The summed E-state index contributed by atoms with van der Waals surface area (Å²) in [5, 5.41) is 84.8. The second kappa shape index (κ2) is 20.3. The van der Waals surface area contributed by atoms with Crippen molar-refractivity contribution in [2.24, 2.45) is 17.4 Å². The first kappa shape index (κ1) is 49.4. The largest absolute Gasteiger partial charge is 0.504 e. The molecule has 62 heavy (non-hydrogen) atoms. The summed E-state index contributed by atoms with van der Waals surface area (Å²) in [5.74, 6) is -10.6. The van der Waals surface area contributed by atoms with E-state index in [1.807, 2.05) is 0 Å². The fourth-order valence-electron chi connectivity index (χ4n) is 7.33. The van der Waals surface area contributed by atoms with E-state index in [4.69, 9.17) is 16.0 Å². The third kappa shape index (κ3) is 12.0. The van der Waals surface area contributed by atoms with Crippen LogP contribution in [-0.2, 0) is 44.0 Å². The van der Waals surface area contributed by atoms with Crippen LogP contribution in [0.5, 0.6) is 11.5 Å². The van der Waals surface area contributed by atoms with Crippen molar-refractivity contribution in [1.82, 2.24) is 31.1 Å². The van der Waals surface area contributed by atoms with Crippen molar-refractivity contribution in [3.63, 3.8) is 0 Å². The fraction of sp³-hybridized carbons (Fsp3) is 0.629. The van der Waals surface area contributed by atoms with Gasteiger partial charge in [0.25, 0.3) is 0 Å². The number of benzene rings is 1. The minimum Gasteiger partial charge on any atom is -0.504 e. The van der Waals surface area contributed by atoms with Gasteiger partial charge in [-0.1, -0.05) is 13.0 Å². The molecule has 13 atom stereocenters. The van der Waals surface area contributed by atoms with E-state index in [-0.39, 0.29) is 6.54 Å². The van der Waals surface area contributed by atoms with Crippen LogP contribution in [-0.4, -0.2) is 186 Å². The van der Waals surface area contributed by atoms with Gasteiger partial charge >= 0.3 is 10.4 Å². The highest BCUT2D eigenvalue weighted by molar-refractivity contribution is 7.81. The van der Waals surface area contributed by atoms with Gasteiger partial charge < -0.3 is 82.5 Å². The minimum absolute atomic E-state index is 0.302. The van der Waals surface area contributed by atoms with E-state index in [0.717, 1.165) is 28.9 Å².